The van der Waals surface area contributed by atoms with E-state index in [2.05, 4.69) is 51.2 Å². The minimum atomic E-state index is 0.351. The van der Waals surface area contributed by atoms with Gasteiger partial charge in [0.25, 0.3) is 0 Å². The molecule has 21 heavy (non-hydrogen) atoms. The van der Waals surface area contributed by atoms with Gasteiger partial charge in [0.1, 0.15) is 0 Å². The quantitative estimate of drug-likeness (QED) is 0.726. The fourth-order valence-electron chi connectivity index (χ4n) is 3.15. The van der Waals surface area contributed by atoms with E-state index in [1.807, 2.05) is 18.2 Å². The lowest BCUT2D eigenvalue weighted by atomic mass is 10.1. The Bertz CT molecular complexity index is 807. The molecule has 0 fully saturated rings. The van der Waals surface area contributed by atoms with Crippen LogP contribution in [0.1, 0.15) is 17.2 Å². The minimum absolute atomic E-state index is 0.351. The van der Waals surface area contributed by atoms with Gasteiger partial charge in [-0.2, -0.15) is 5.10 Å². The van der Waals surface area contributed by atoms with Crippen molar-refractivity contribution >= 4 is 12.2 Å². The van der Waals surface area contributed by atoms with Crippen molar-refractivity contribution < 1.29 is 0 Å². The third-order valence-corrected chi connectivity index (χ3v) is 4.42. The Morgan fingerprint density at radius 3 is 2.24 bits per heavy atom. The Morgan fingerprint density at radius 2 is 1.57 bits per heavy atom. The summed E-state index contributed by atoms with van der Waals surface area (Å²) in [6, 6.07) is 19.2. The summed E-state index contributed by atoms with van der Waals surface area (Å²) in [5, 5.41) is 7.39. The van der Waals surface area contributed by atoms with Crippen molar-refractivity contribution in [3.63, 3.8) is 0 Å². The molecule has 4 heteroatoms. The molecule has 1 aromatic heterocycles. The Kier molecular flexibility index (Phi) is 2.97. The second kappa shape index (κ2) is 4.97. The molecule has 0 bridgehead atoms. The first-order valence-corrected chi connectivity index (χ1v) is 7.53. The highest BCUT2D eigenvalue weighted by Crippen LogP contribution is 2.32. The van der Waals surface area contributed by atoms with Crippen LogP contribution in [0.2, 0.25) is 0 Å². The van der Waals surface area contributed by atoms with Crippen molar-refractivity contribution in [2.24, 2.45) is 0 Å². The van der Waals surface area contributed by atoms with Crippen LogP contribution in [0.3, 0.4) is 0 Å². The molecule has 1 aliphatic carbocycles. The van der Waals surface area contributed by atoms with Gasteiger partial charge in [-0.1, -0.05) is 54.6 Å². The zero-order chi connectivity index (χ0) is 14.2. The molecule has 3 aromatic rings. The predicted molar refractivity (Wildman–Crippen MR) is 85.7 cm³/mol. The van der Waals surface area contributed by atoms with Crippen LogP contribution in [0, 0.1) is 4.77 Å². The molecule has 104 valence electrons. The van der Waals surface area contributed by atoms with E-state index >= 15 is 0 Å². The molecule has 0 saturated carbocycles. The van der Waals surface area contributed by atoms with Gasteiger partial charge >= 0.3 is 0 Å². The fraction of sp³-hybridized carbons (Fsp3) is 0.176. The van der Waals surface area contributed by atoms with E-state index in [0.717, 1.165) is 24.2 Å². The molecule has 0 aliphatic heterocycles. The average molecular weight is 293 g/mol. The van der Waals surface area contributed by atoms with Crippen molar-refractivity contribution in [3.05, 3.63) is 70.5 Å². The first kappa shape index (κ1) is 12.5. The fourth-order valence-corrected chi connectivity index (χ4v) is 3.43. The van der Waals surface area contributed by atoms with Gasteiger partial charge in [-0.3, -0.25) is 9.67 Å². The van der Waals surface area contributed by atoms with E-state index in [4.69, 9.17) is 12.2 Å². The first-order valence-electron chi connectivity index (χ1n) is 7.12. The summed E-state index contributed by atoms with van der Waals surface area (Å²) in [7, 11) is 0. The molecule has 2 aromatic carbocycles. The summed E-state index contributed by atoms with van der Waals surface area (Å²) in [5.41, 5.74) is 3.94. The van der Waals surface area contributed by atoms with Crippen molar-refractivity contribution in [1.29, 1.82) is 0 Å². The van der Waals surface area contributed by atoms with E-state index in [1.54, 1.807) is 0 Å². The highest BCUT2D eigenvalue weighted by molar-refractivity contribution is 7.71. The van der Waals surface area contributed by atoms with Crippen molar-refractivity contribution in [2.75, 3.05) is 0 Å². The summed E-state index contributed by atoms with van der Waals surface area (Å²) < 4.78 is 2.87. The molecular formula is C17H15N3S. The van der Waals surface area contributed by atoms with Gasteiger partial charge in [0.15, 0.2) is 10.6 Å². The zero-order valence-electron chi connectivity index (χ0n) is 11.5. The van der Waals surface area contributed by atoms with Crippen molar-refractivity contribution in [3.8, 4) is 11.4 Å². The number of aromatic nitrogens is 3. The smallest absolute Gasteiger partial charge is 0.195 e. The maximum Gasteiger partial charge on any atom is 0.195 e. The minimum Gasteiger partial charge on any atom is -0.296 e. The molecule has 0 unspecified atom stereocenters. The van der Waals surface area contributed by atoms with Gasteiger partial charge in [0, 0.05) is 11.6 Å². The zero-order valence-corrected chi connectivity index (χ0v) is 12.3. The molecular weight excluding hydrogens is 278 g/mol. The van der Waals surface area contributed by atoms with Gasteiger partial charge in [-0.15, -0.1) is 0 Å². The maximum atomic E-state index is 5.47. The molecule has 4 rings (SSSR count). The molecule has 0 saturated heterocycles. The van der Waals surface area contributed by atoms with E-state index in [-0.39, 0.29) is 0 Å². The summed E-state index contributed by atoms with van der Waals surface area (Å²) in [6.45, 7) is 0. The van der Waals surface area contributed by atoms with Crippen LogP contribution in [0.5, 0.6) is 0 Å². The Hall–Kier alpha value is -2.20. The molecule has 0 amide bonds. The molecule has 0 radical (unpaired) electrons. The predicted octanol–water partition coefficient (Wildman–Crippen LogP) is 3.95. The van der Waals surface area contributed by atoms with Crippen molar-refractivity contribution in [1.82, 2.24) is 14.8 Å². The van der Waals surface area contributed by atoms with Gasteiger partial charge in [-0.25, -0.2) is 0 Å². The second-order valence-corrected chi connectivity index (χ2v) is 5.81. The number of rotatable bonds is 2. The lowest BCUT2D eigenvalue weighted by Gasteiger charge is -2.14. The van der Waals surface area contributed by atoms with E-state index < -0.39 is 0 Å². The maximum absolute atomic E-state index is 5.47. The van der Waals surface area contributed by atoms with Gasteiger partial charge in [0.2, 0.25) is 0 Å². The number of hydrogen-bond acceptors (Lipinski definition) is 2. The van der Waals surface area contributed by atoms with Gasteiger partial charge < -0.3 is 0 Å². The van der Waals surface area contributed by atoms with Gasteiger partial charge in [-0.05, 0) is 36.2 Å². The average Bonchev–Trinajstić information content (AvgIpc) is 3.11. The SMILES string of the molecule is S=c1[nH]nc(-c2ccccc2)n1C1Cc2ccccc2C1. The lowest BCUT2D eigenvalue weighted by Crippen LogP contribution is -2.10. The third kappa shape index (κ3) is 2.12. The van der Waals surface area contributed by atoms with Crippen LogP contribution < -0.4 is 0 Å². The van der Waals surface area contributed by atoms with Crippen LogP contribution in [0.15, 0.2) is 54.6 Å². The molecule has 1 aliphatic rings. The van der Waals surface area contributed by atoms with Gasteiger partial charge in [0.05, 0.1) is 0 Å². The van der Waals surface area contributed by atoms with Crippen LogP contribution in [0.4, 0.5) is 0 Å². The highest BCUT2D eigenvalue weighted by atomic mass is 32.1. The number of aromatic amines is 1. The van der Waals surface area contributed by atoms with Crippen LogP contribution in [-0.4, -0.2) is 14.8 Å². The molecule has 0 atom stereocenters. The monoisotopic (exact) mass is 293 g/mol. The van der Waals surface area contributed by atoms with Crippen LogP contribution in [0.25, 0.3) is 11.4 Å². The number of benzene rings is 2. The lowest BCUT2D eigenvalue weighted by molar-refractivity contribution is 0.527. The largest absolute Gasteiger partial charge is 0.296 e. The molecule has 1 N–H and O–H groups in total. The number of nitrogens with one attached hydrogen (secondary N) is 1. The summed E-state index contributed by atoms with van der Waals surface area (Å²) in [4.78, 5) is 0. The molecule has 1 heterocycles. The van der Waals surface area contributed by atoms with Crippen LogP contribution >= 0.6 is 12.2 Å². The Morgan fingerprint density at radius 1 is 0.952 bits per heavy atom. The standard InChI is InChI=1S/C17H15N3S/c21-17-19-18-16(12-6-2-1-3-7-12)20(17)15-10-13-8-4-5-9-14(13)11-15/h1-9,15H,10-11H2,(H,19,21). The first-order chi connectivity index (χ1) is 10.3. The highest BCUT2D eigenvalue weighted by Gasteiger charge is 2.25. The third-order valence-electron chi connectivity index (χ3n) is 4.13. The summed E-state index contributed by atoms with van der Waals surface area (Å²) in [5.74, 6) is 0.929. The number of nitrogens with zero attached hydrogens (tertiary/aromatic N) is 2. The normalized spacial score (nSPS) is 14.3. The van der Waals surface area contributed by atoms with Crippen LogP contribution in [-0.2, 0) is 12.8 Å². The molecule has 3 nitrogen and oxygen atoms in total. The number of hydrogen-bond donors (Lipinski definition) is 1. The Balaban J connectivity index is 1.78. The summed E-state index contributed by atoms with van der Waals surface area (Å²) >= 11 is 5.47. The second-order valence-electron chi connectivity index (χ2n) is 5.42. The van der Waals surface area contributed by atoms with E-state index in [9.17, 15) is 0 Å². The van der Waals surface area contributed by atoms with Crippen molar-refractivity contribution in [2.45, 2.75) is 18.9 Å². The number of H-pyrrole nitrogens is 1. The topological polar surface area (TPSA) is 33.6 Å². The number of fused-ring (bicyclic) bond motifs is 1. The van der Waals surface area contributed by atoms with E-state index in [1.165, 1.54) is 11.1 Å². The molecule has 0 spiro atoms. The van der Waals surface area contributed by atoms with E-state index in [0.29, 0.717) is 10.8 Å². The Labute approximate surface area is 128 Å². The summed E-state index contributed by atoms with van der Waals surface area (Å²) in [6.07, 6.45) is 2.04.